The van der Waals surface area contributed by atoms with Gasteiger partial charge in [-0.05, 0) is 32.6 Å². The van der Waals surface area contributed by atoms with Crippen LogP contribution in [0.15, 0.2) is 12.5 Å². The number of rotatable bonds is 1. The summed E-state index contributed by atoms with van der Waals surface area (Å²) in [6, 6.07) is 0.633. The van der Waals surface area contributed by atoms with Gasteiger partial charge < -0.3 is 9.30 Å². The molecule has 0 radical (unpaired) electrons. The molecule has 1 aliphatic heterocycles. The van der Waals surface area contributed by atoms with Crippen LogP contribution >= 0.6 is 0 Å². The Bertz CT molecular complexity index is 347. The number of imidazole rings is 1. The minimum Gasteiger partial charge on any atom is -0.378 e. The lowest BCUT2D eigenvalue weighted by molar-refractivity contribution is 0.0462. The third-order valence-electron chi connectivity index (χ3n) is 3.96. The van der Waals surface area contributed by atoms with Gasteiger partial charge in [-0.15, -0.1) is 0 Å². The smallest absolute Gasteiger partial charge is 0.0950 e. The van der Waals surface area contributed by atoms with Crippen LogP contribution < -0.4 is 0 Å². The van der Waals surface area contributed by atoms with Crippen LogP contribution in [0.1, 0.15) is 37.4 Å². The summed E-state index contributed by atoms with van der Waals surface area (Å²) in [6.45, 7) is 3.10. The Morgan fingerprint density at radius 1 is 1.40 bits per heavy atom. The molecule has 1 aromatic heterocycles. The average Bonchev–Trinajstić information content (AvgIpc) is 2.85. The van der Waals surface area contributed by atoms with Gasteiger partial charge >= 0.3 is 0 Å². The van der Waals surface area contributed by atoms with E-state index in [4.69, 9.17) is 4.74 Å². The fourth-order valence-electron chi connectivity index (χ4n) is 3.21. The maximum absolute atomic E-state index is 5.79. The second-order valence-electron chi connectivity index (χ2n) is 4.80. The highest BCUT2D eigenvalue weighted by atomic mass is 16.5. The summed E-state index contributed by atoms with van der Waals surface area (Å²) in [6.07, 6.45) is 9.54. The topological polar surface area (TPSA) is 27.1 Å². The van der Waals surface area contributed by atoms with Gasteiger partial charge in [0, 0.05) is 30.5 Å². The average molecular weight is 206 g/mol. The highest BCUT2D eigenvalue weighted by Gasteiger charge is 2.38. The van der Waals surface area contributed by atoms with Crippen LogP contribution in [-0.4, -0.2) is 22.3 Å². The SMILES string of the molecule is Cc1cncn1C1CCCC2OCCC21. The van der Waals surface area contributed by atoms with E-state index in [0.717, 1.165) is 12.5 Å². The van der Waals surface area contributed by atoms with Crippen molar-refractivity contribution >= 4 is 0 Å². The molecule has 2 fully saturated rings. The highest BCUT2D eigenvalue weighted by molar-refractivity contribution is 5.01. The van der Waals surface area contributed by atoms with Crippen molar-refractivity contribution in [2.75, 3.05) is 6.61 Å². The predicted molar refractivity (Wildman–Crippen MR) is 57.7 cm³/mol. The molecule has 82 valence electrons. The van der Waals surface area contributed by atoms with Crippen LogP contribution in [0.2, 0.25) is 0 Å². The van der Waals surface area contributed by atoms with Crippen molar-refractivity contribution in [3.05, 3.63) is 18.2 Å². The number of hydrogen-bond acceptors (Lipinski definition) is 2. The van der Waals surface area contributed by atoms with E-state index in [9.17, 15) is 0 Å². The summed E-state index contributed by atoms with van der Waals surface area (Å²) >= 11 is 0. The summed E-state index contributed by atoms with van der Waals surface area (Å²) in [5.74, 6) is 0.728. The lowest BCUT2D eigenvalue weighted by Gasteiger charge is -2.34. The number of nitrogens with zero attached hydrogens (tertiary/aromatic N) is 2. The van der Waals surface area contributed by atoms with Crippen LogP contribution in [0.3, 0.4) is 0 Å². The quantitative estimate of drug-likeness (QED) is 0.705. The molecule has 3 atom stereocenters. The first-order valence-corrected chi connectivity index (χ1v) is 5.96. The van der Waals surface area contributed by atoms with Crippen LogP contribution in [0.4, 0.5) is 0 Å². The molecule has 2 aliphatic rings. The van der Waals surface area contributed by atoms with E-state index in [0.29, 0.717) is 12.1 Å². The summed E-state index contributed by atoms with van der Waals surface area (Å²) in [7, 11) is 0. The molecule has 1 saturated carbocycles. The molecule has 1 saturated heterocycles. The highest BCUT2D eigenvalue weighted by Crippen LogP contribution is 2.41. The zero-order chi connectivity index (χ0) is 10.3. The van der Waals surface area contributed by atoms with Gasteiger partial charge in [0.05, 0.1) is 12.4 Å². The van der Waals surface area contributed by atoms with Gasteiger partial charge in [-0.25, -0.2) is 4.98 Å². The van der Waals surface area contributed by atoms with Gasteiger partial charge in [-0.2, -0.15) is 0 Å². The van der Waals surface area contributed by atoms with E-state index < -0.39 is 0 Å². The Labute approximate surface area is 90.5 Å². The second-order valence-corrected chi connectivity index (χ2v) is 4.80. The molecule has 0 amide bonds. The van der Waals surface area contributed by atoms with Crippen molar-refractivity contribution in [3.63, 3.8) is 0 Å². The monoisotopic (exact) mass is 206 g/mol. The molecule has 3 rings (SSSR count). The normalized spacial score (nSPS) is 35.4. The molecular weight excluding hydrogens is 188 g/mol. The first-order valence-electron chi connectivity index (χ1n) is 5.96. The zero-order valence-corrected chi connectivity index (χ0v) is 9.22. The largest absolute Gasteiger partial charge is 0.378 e. The molecule has 3 heteroatoms. The molecule has 3 nitrogen and oxygen atoms in total. The van der Waals surface area contributed by atoms with Crippen molar-refractivity contribution in [3.8, 4) is 0 Å². The predicted octanol–water partition coefficient (Wildman–Crippen LogP) is 2.32. The standard InChI is InChI=1S/C12H18N2O/c1-9-7-13-8-14(9)11-3-2-4-12-10(11)5-6-15-12/h7-8,10-12H,2-6H2,1H3. The first-order chi connectivity index (χ1) is 7.36. The number of aromatic nitrogens is 2. The first kappa shape index (κ1) is 9.40. The Hall–Kier alpha value is -0.830. The molecule has 0 bridgehead atoms. The van der Waals surface area contributed by atoms with E-state index in [1.807, 2.05) is 12.5 Å². The van der Waals surface area contributed by atoms with E-state index in [-0.39, 0.29) is 0 Å². The maximum Gasteiger partial charge on any atom is 0.0950 e. The lowest BCUT2D eigenvalue weighted by Crippen LogP contribution is -2.31. The lowest BCUT2D eigenvalue weighted by atomic mass is 9.81. The van der Waals surface area contributed by atoms with Gasteiger partial charge in [0.25, 0.3) is 0 Å². The summed E-state index contributed by atoms with van der Waals surface area (Å²) in [5.41, 5.74) is 1.28. The summed E-state index contributed by atoms with van der Waals surface area (Å²) in [4.78, 5) is 4.23. The Kier molecular flexibility index (Phi) is 2.28. The zero-order valence-electron chi connectivity index (χ0n) is 9.22. The van der Waals surface area contributed by atoms with E-state index in [1.165, 1.54) is 31.4 Å². The van der Waals surface area contributed by atoms with Gasteiger partial charge in [-0.3, -0.25) is 0 Å². The van der Waals surface area contributed by atoms with Gasteiger partial charge in [0.2, 0.25) is 0 Å². The third kappa shape index (κ3) is 1.49. The Balaban J connectivity index is 1.88. The van der Waals surface area contributed by atoms with Crippen LogP contribution in [0.25, 0.3) is 0 Å². The van der Waals surface area contributed by atoms with E-state index in [1.54, 1.807) is 0 Å². The van der Waals surface area contributed by atoms with Crippen molar-refractivity contribution in [2.24, 2.45) is 5.92 Å². The summed E-state index contributed by atoms with van der Waals surface area (Å²) in [5, 5.41) is 0. The van der Waals surface area contributed by atoms with Gasteiger partial charge in [-0.1, -0.05) is 0 Å². The number of hydrogen-bond donors (Lipinski definition) is 0. The Morgan fingerprint density at radius 3 is 3.13 bits per heavy atom. The molecule has 0 N–H and O–H groups in total. The fourth-order valence-corrected chi connectivity index (χ4v) is 3.21. The molecule has 15 heavy (non-hydrogen) atoms. The van der Waals surface area contributed by atoms with Crippen LogP contribution in [0.5, 0.6) is 0 Å². The molecule has 1 aromatic rings. The third-order valence-corrected chi connectivity index (χ3v) is 3.96. The summed E-state index contributed by atoms with van der Waals surface area (Å²) < 4.78 is 8.14. The van der Waals surface area contributed by atoms with Crippen LogP contribution in [-0.2, 0) is 4.74 Å². The molecule has 0 aromatic carbocycles. The number of ether oxygens (including phenoxy) is 1. The Morgan fingerprint density at radius 2 is 2.33 bits per heavy atom. The number of aryl methyl sites for hydroxylation is 1. The van der Waals surface area contributed by atoms with Crippen LogP contribution in [0, 0.1) is 12.8 Å². The second kappa shape index (κ2) is 3.63. The van der Waals surface area contributed by atoms with E-state index >= 15 is 0 Å². The van der Waals surface area contributed by atoms with Crippen molar-refractivity contribution in [1.29, 1.82) is 0 Å². The molecule has 1 aliphatic carbocycles. The van der Waals surface area contributed by atoms with Gasteiger partial charge in [0.1, 0.15) is 0 Å². The molecular formula is C12H18N2O. The number of fused-ring (bicyclic) bond motifs is 1. The van der Waals surface area contributed by atoms with Gasteiger partial charge in [0.15, 0.2) is 0 Å². The maximum atomic E-state index is 5.79. The fraction of sp³-hybridized carbons (Fsp3) is 0.750. The molecule has 2 heterocycles. The van der Waals surface area contributed by atoms with Crippen molar-refractivity contribution < 1.29 is 4.74 Å². The van der Waals surface area contributed by atoms with Crippen molar-refractivity contribution in [1.82, 2.24) is 9.55 Å². The minimum absolute atomic E-state index is 0.519. The molecule has 0 spiro atoms. The van der Waals surface area contributed by atoms with Crippen molar-refractivity contribution in [2.45, 2.75) is 44.8 Å². The van der Waals surface area contributed by atoms with E-state index in [2.05, 4.69) is 16.5 Å². The molecule has 3 unspecified atom stereocenters. The minimum atomic E-state index is 0.519.